The second-order valence-electron chi connectivity index (χ2n) is 4.20. The van der Waals surface area contributed by atoms with Crippen molar-refractivity contribution in [2.75, 3.05) is 11.6 Å². The standard InChI is InChI=1S/C13H15ClN4OS/c1-18-12(16-17-13(18)20-8-2-7-14)10-5-3-9(4-6-10)11(15)19/h3-6H,2,7-8H2,1H3,(H2,15,19). The second kappa shape index (κ2) is 6.76. The van der Waals surface area contributed by atoms with E-state index < -0.39 is 5.91 Å². The fourth-order valence-electron chi connectivity index (χ4n) is 1.69. The first kappa shape index (κ1) is 14.9. The van der Waals surface area contributed by atoms with Crippen molar-refractivity contribution >= 4 is 29.3 Å². The molecule has 0 unspecified atom stereocenters. The topological polar surface area (TPSA) is 73.8 Å². The molecule has 1 aromatic heterocycles. The maximum absolute atomic E-state index is 11.0. The minimum absolute atomic E-state index is 0.438. The van der Waals surface area contributed by atoms with Crippen LogP contribution in [-0.2, 0) is 7.05 Å². The molecule has 5 nitrogen and oxygen atoms in total. The number of hydrogen-bond acceptors (Lipinski definition) is 4. The lowest BCUT2D eigenvalue weighted by Crippen LogP contribution is -2.10. The van der Waals surface area contributed by atoms with Gasteiger partial charge in [-0.05, 0) is 18.6 Å². The van der Waals surface area contributed by atoms with Crippen LogP contribution < -0.4 is 5.73 Å². The number of thioether (sulfide) groups is 1. The fourth-order valence-corrected chi connectivity index (χ4v) is 2.84. The first-order chi connectivity index (χ1) is 9.63. The molecule has 0 aliphatic heterocycles. The lowest BCUT2D eigenvalue weighted by molar-refractivity contribution is 0.100. The lowest BCUT2D eigenvalue weighted by atomic mass is 10.1. The number of primary amides is 1. The third kappa shape index (κ3) is 3.32. The van der Waals surface area contributed by atoms with E-state index in [1.165, 1.54) is 0 Å². The summed E-state index contributed by atoms with van der Waals surface area (Å²) in [7, 11) is 1.92. The fraction of sp³-hybridized carbons (Fsp3) is 0.308. The van der Waals surface area contributed by atoms with E-state index in [1.807, 2.05) is 23.7 Å². The highest BCUT2D eigenvalue weighted by molar-refractivity contribution is 7.99. The molecule has 2 aromatic rings. The molecule has 0 aliphatic carbocycles. The van der Waals surface area contributed by atoms with Gasteiger partial charge in [0.25, 0.3) is 0 Å². The number of hydrogen-bond donors (Lipinski definition) is 1. The number of aromatic nitrogens is 3. The molecule has 0 radical (unpaired) electrons. The molecule has 0 spiro atoms. The van der Waals surface area contributed by atoms with E-state index in [0.29, 0.717) is 11.4 Å². The highest BCUT2D eigenvalue weighted by atomic mass is 35.5. The molecule has 0 saturated carbocycles. The minimum atomic E-state index is -0.438. The van der Waals surface area contributed by atoms with Crippen molar-refractivity contribution in [3.8, 4) is 11.4 Å². The molecular weight excluding hydrogens is 296 g/mol. The largest absolute Gasteiger partial charge is 0.366 e. The SMILES string of the molecule is Cn1c(SCCCCl)nnc1-c1ccc(C(N)=O)cc1. The number of nitrogens with zero attached hydrogens (tertiary/aromatic N) is 3. The molecule has 1 aromatic carbocycles. The Bertz CT molecular complexity index is 597. The van der Waals surface area contributed by atoms with E-state index in [1.54, 1.807) is 23.9 Å². The number of carbonyl (C=O) groups excluding carboxylic acids is 1. The maximum atomic E-state index is 11.0. The zero-order valence-electron chi connectivity index (χ0n) is 11.0. The summed E-state index contributed by atoms with van der Waals surface area (Å²) in [5, 5.41) is 9.20. The summed E-state index contributed by atoms with van der Waals surface area (Å²) in [4.78, 5) is 11.0. The molecule has 0 bridgehead atoms. The van der Waals surface area contributed by atoms with Crippen LogP contribution in [0.4, 0.5) is 0 Å². The van der Waals surface area contributed by atoms with Crippen molar-refractivity contribution in [3.05, 3.63) is 29.8 Å². The van der Waals surface area contributed by atoms with Crippen LogP contribution in [-0.4, -0.2) is 32.3 Å². The van der Waals surface area contributed by atoms with Crippen molar-refractivity contribution in [1.29, 1.82) is 0 Å². The Morgan fingerprint density at radius 3 is 2.65 bits per heavy atom. The Hall–Kier alpha value is -1.53. The number of halogens is 1. The number of alkyl halides is 1. The van der Waals surface area contributed by atoms with Gasteiger partial charge in [0.15, 0.2) is 11.0 Å². The molecule has 20 heavy (non-hydrogen) atoms. The normalized spacial score (nSPS) is 10.7. The Kier molecular flexibility index (Phi) is 5.03. The first-order valence-electron chi connectivity index (χ1n) is 6.12. The van der Waals surface area contributed by atoms with E-state index in [4.69, 9.17) is 17.3 Å². The van der Waals surface area contributed by atoms with E-state index in [2.05, 4.69) is 10.2 Å². The van der Waals surface area contributed by atoms with Crippen LogP contribution in [0.2, 0.25) is 0 Å². The van der Waals surface area contributed by atoms with Gasteiger partial charge in [-0.25, -0.2) is 0 Å². The molecule has 0 atom stereocenters. The summed E-state index contributed by atoms with van der Waals surface area (Å²) in [6.45, 7) is 0. The minimum Gasteiger partial charge on any atom is -0.366 e. The van der Waals surface area contributed by atoms with Crippen LogP contribution in [0.1, 0.15) is 16.8 Å². The van der Waals surface area contributed by atoms with E-state index in [-0.39, 0.29) is 0 Å². The summed E-state index contributed by atoms with van der Waals surface area (Å²) in [6, 6.07) is 7.01. The zero-order chi connectivity index (χ0) is 14.5. The third-order valence-electron chi connectivity index (χ3n) is 2.77. The summed E-state index contributed by atoms with van der Waals surface area (Å²) >= 11 is 7.28. The van der Waals surface area contributed by atoms with Crippen LogP contribution in [0.25, 0.3) is 11.4 Å². The van der Waals surface area contributed by atoms with Crippen LogP contribution >= 0.6 is 23.4 Å². The van der Waals surface area contributed by atoms with Crippen molar-refractivity contribution < 1.29 is 4.79 Å². The number of amides is 1. The Labute approximate surface area is 126 Å². The van der Waals surface area contributed by atoms with Crippen LogP contribution in [0, 0.1) is 0 Å². The van der Waals surface area contributed by atoms with Crippen LogP contribution in [0.15, 0.2) is 29.4 Å². The van der Waals surface area contributed by atoms with Crippen molar-refractivity contribution in [1.82, 2.24) is 14.8 Å². The Balaban J connectivity index is 2.18. The lowest BCUT2D eigenvalue weighted by Gasteiger charge is -2.04. The van der Waals surface area contributed by atoms with Gasteiger partial charge in [0.2, 0.25) is 5.91 Å². The molecular formula is C13H15ClN4OS. The summed E-state index contributed by atoms with van der Waals surface area (Å²) in [5.74, 6) is 1.88. The molecule has 1 heterocycles. The Morgan fingerprint density at radius 1 is 1.35 bits per heavy atom. The van der Waals surface area contributed by atoms with E-state index in [0.717, 1.165) is 28.7 Å². The quantitative estimate of drug-likeness (QED) is 0.505. The van der Waals surface area contributed by atoms with Crippen LogP contribution in [0.3, 0.4) is 0 Å². The molecule has 0 fully saturated rings. The highest BCUT2D eigenvalue weighted by Gasteiger charge is 2.11. The van der Waals surface area contributed by atoms with Gasteiger partial charge in [0, 0.05) is 29.8 Å². The number of rotatable bonds is 6. The summed E-state index contributed by atoms with van der Waals surface area (Å²) < 4.78 is 1.93. The number of benzene rings is 1. The van der Waals surface area contributed by atoms with Gasteiger partial charge < -0.3 is 10.3 Å². The molecule has 2 rings (SSSR count). The van der Waals surface area contributed by atoms with Crippen molar-refractivity contribution in [2.24, 2.45) is 12.8 Å². The Morgan fingerprint density at radius 2 is 2.05 bits per heavy atom. The second-order valence-corrected chi connectivity index (χ2v) is 5.64. The van der Waals surface area contributed by atoms with Gasteiger partial charge in [-0.3, -0.25) is 4.79 Å². The number of carbonyl (C=O) groups is 1. The van der Waals surface area contributed by atoms with E-state index >= 15 is 0 Å². The van der Waals surface area contributed by atoms with Gasteiger partial charge in [-0.15, -0.1) is 21.8 Å². The first-order valence-corrected chi connectivity index (χ1v) is 7.64. The maximum Gasteiger partial charge on any atom is 0.248 e. The zero-order valence-corrected chi connectivity index (χ0v) is 12.6. The average Bonchev–Trinajstić information content (AvgIpc) is 2.81. The van der Waals surface area contributed by atoms with Gasteiger partial charge in [-0.1, -0.05) is 23.9 Å². The molecule has 106 valence electrons. The van der Waals surface area contributed by atoms with Gasteiger partial charge in [-0.2, -0.15) is 0 Å². The van der Waals surface area contributed by atoms with Crippen LogP contribution in [0.5, 0.6) is 0 Å². The van der Waals surface area contributed by atoms with Gasteiger partial charge in [0.05, 0.1) is 0 Å². The predicted octanol–water partition coefficient (Wildman–Crippen LogP) is 2.30. The average molecular weight is 311 g/mol. The molecule has 7 heteroatoms. The summed E-state index contributed by atoms with van der Waals surface area (Å²) in [6.07, 6.45) is 0.932. The van der Waals surface area contributed by atoms with E-state index in [9.17, 15) is 4.79 Å². The highest BCUT2D eigenvalue weighted by Crippen LogP contribution is 2.23. The third-order valence-corrected chi connectivity index (χ3v) is 4.15. The predicted molar refractivity (Wildman–Crippen MR) is 81.0 cm³/mol. The molecule has 0 saturated heterocycles. The van der Waals surface area contributed by atoms with Crippen molar-refractivity contribution in [2.45, 2.75) is 11.6 Å². The monoisotopic (exact) mass is 310 g/mol. The molecule has 2 N–H and O–H groups in total. The van der Waals surface area contributed by atoms with Crippen molar-refractivity contribution in [3.63, 3.8) is 0 Å². The molecule has 1 amide bonds. The molecule has 0 aliphatic rings. The number of nitrogens with two attached hydrogens (primary N) is 1. The smallest absolute Gasteiger partial charge is 0.248 e. The summed E-state index contributed by atoms with van der Waals surface area (Å²) in [5.41, 5.74) is 6.60. The van der Waals surface area contributed by atoms with Gasteiger partial charge in [0.1, 0.15) is 0 Å². The van der Waals surface area contributed by atoms with Gasteiger partial charge >= 0.3 is 0 Å².